The van der Waals surface area contributed by atoms with Crippen LogP contribution in [0.3, 0.4) is 0 Å². The predicted octanol–water partition coefficient (Wildman–Crippen LogP) is 1.54. The van der Waals surface area contributed by atoms with Gasteiger partial charge in [0.25, 0.3) is 0 Å². The molecule has 3 nitrogen and oxygen atoms in total. The van der Waals surface area contributed by atoms with Crippen LogP contribution in [0.25, 0.3) is 0 Å². The van der Waals surface area contributed by atoms with E-state index in [2.05, 4.69) is 15.9 Å². The Kier molecular flexibility index (Phi) is 3.47. The van der Waals surface area contributed by atoms with E-state index in [1.54, 1.807) is 20.0 Å². The van der Waals surface area contributed by atoms with Gasteiger partial charge < -0.3 is 10.7 Å². The molecule has 0 aromatic rings. The van der Waals surface area contributed by atoms with Crippen LogP contribution in [0.2, 0.25) is 0 Å². The first-order valence-corrected chi connectivity index (χ1v) is 4.92. The maximum atomic E-state index is 13.5. The zero-order valence-electron chi connectivity index (χ0n) is 8.09. The van der Waals surface area contributed by atoms with Gasteiger partial charge in [0, 0.05) is 22.8 Å². The molecule has 0 bridgehead atoms. The Labute approximate surface area is 91.0 Å². The van der Waals surface area contributed by atoms with Gasteiger partial charge in [0.2, 0.25) is 0 Å². The molecule has 0 radical (unpaired) electrons. The first kappa shape index (κ1) is 11.4. The van der Waals surface area contributed by atoms with Gasteiger partial charge in [-0.3, -0.25) is 0 Å². The van der Waals surface area contributed by atoms with Gasteiger partial charge in [0.15, 0.2) is 0 Å². The highest BCUT2D eigenvalue weighted by Crippen LogP contribution is 2.28. The molecule has 14 heavy (non-hydrogen) atoms. The molecule has 0 aromatic heterocycles. The lowest BCUT2D eigenvalue weighted by atomic mass is 9.99. The van der Waals surface area contributed by atoms with Gasteiger partial charge in [-0.05, 0) is 19.1 Å². The van der Waals surface area contributed by atoms with Crippen molar-refractivity contribution in [3.63, 3.8) is 0 Å². The average Bonchev–Trinajstić information content (AvgIpc) is 2.01. The normalized spacial score (nSPS) is 25.4. The van der Waals surface area contributed by atoms with Crippen molar-refractivity contribution >= 4 is 15.9 Å². The Balaban J connectivity index is 3.15. The van der Waals surface area contributed by atoms with Gasteiger partial charge in [0.1, 0.15) is 5.83 Å². The molecule has 1 aliphatic carbocycles. The molecule has 0 saturated heterocycles. The molecule has 1 aliphatic rings. The molecule has 0 saturated carbocycles. The van der Waals surface area contributed by atoms with E-state index in [9.17, 15) is 4.39 Å². The lowest BCUT2D eigenvalue weighted by Gasteiger charge is -2.22. The number of hydrogen-bond donors (Lipinski definition) is 2. The van der Waals surface area contributed by atoms with Crippen LogP contribution in [0.15, 0.2) is 33.7 Å². The summed E-state index contributed by atoms with van der Waals surface area (Å²) >= 11 is 3.18. The van der Waals surface area contributed by atoms with Crippen molar-refractivity contribution in [3.8, 4) is 0 Å². The number of nitrogens with two attached hydrogens (primary N) is 2. The standard InChI is InChI=1S/C9H13BrFN3/c1-5(14(2)13)9-7(11)3-6(10)4-8(9)12/h3-4,8H,12-13H2,1-2H3/b9-5-. The summed E-state index contributed by atoms with van der Waals surface area (Å²) in [5.74, 6) is 5.17. The second-order valence-corrected chi connectivity index (χ2v) is 4.10. The third-order valence-electron chi connectivity index (χ3n) is 2.11. The lowest BCUT2D eigenvalue weighted by Crippen LogP contribution is -2.31. The Morgan fingerprint density at radius 1 is 1.64 bits per heavy atom. The maximum Gasteiger partial charge on any atom is 0.131 e. The largest absolute Gasteiger partial charge is 0.321 e. The van der Waals surface area contributed by atoms with Gasteiger partial charge in [-0.25, -0.2) is 10.2 Å². The maximum absolute atomic E-state index is 13.5. The Morgan fingerprint density at radius 3 is 2.64 bits per heavy atom. The molecular weight excluding hydrogens is 249 g/mol. The molecule has 4 N–H and O–H groups in total. The summed E-state index contributed by atoms with van der Waals surface area (Å²) in [5.41, 5.74) is 6.83. The Hall–Kier alpha value is -0.650. The van der Waals surface area contributed by atoms with Crippen LogP contribution in [0.1, 0.15) is 6.92 Å². The van der Waals surface area contributed by atoms with Crippen LogP contribution in [-0.2, 0) is 0 Å². The van der Waals surface area contributed by atoms with Crippen molar-refractivity contribution in [1.82, 2.24) is 5.01 Å². The Bertz CT molecular complexity index is 331. The lowest BCUT2D eigenvalue weighted by molar-refractivity contribution is 0.429. The molecule has 0 aromatic carbocycles. The summed E-state index contributed by atoms with van der Waals surface area (Å²) in [6.07, 6.45) is 3.11. The molecule has 5 heteroatoms. The van der Waals surface area contributed by atoms with E-state index in [4.69, 9.17) is 11.6 Å². The molecule has 0 amide bonds. The zero-order chi connectivity index (χ0) is 10.9. The van der Waals surface area contributed by atoms with E-state index in [1.165, 1.54) is 11.1 Å². The van der Waals surface area contributed by atoms with Gasteiger partial charge in [-0.2, -0.15) is 0 Å². The second-order valence-electron chi connectivity index (χ2n) is 3.18. The fourth-order valence-corrected chi connectivity index (χ4v) is 1.75. The first-order chi connectivity index (χ1) is 6.43. The highest BCUT2D eigenvalue weighted by molar-refractivity contribution is 9.11. The number of allylic oxidation sites excluding steroid dienone is 3. The molecule has 0 aliphatic heterocycles. The fourth-order valence-electron chi connectivity index (χ4n) is 1.27. The van der Waals surface area contributed by atoms with Crippen LogP contribution in [0.4, 0.5) is 4.39 Å². The molecule has 1 rings (SSSR count). The van der Waals surface area contributed by atoms with E-state index in [1.807, 2.05) is 0 Å². The number of halogens is 2. The quantitative estimate of drug-likeness (QED) is 0.556. The van der Waals surface area contributed by atoms with Crippen LogP contribution >= 0.6 is 15.9 Å². The van der Waals surface area contributed by atoms with Gasteiger partial charge in [-0.15, -0.1) is 0 Å². The summed E-state index contributed by atoms with van der Waals surface area (Å²) in [7, 11) is 1.65. The molecule has 0 heterocycles. The number of rotatable bonds is 1. The van der Waals surface area contributed by atoms with Crippen molar-refractivity contribution in [3.05, 3.63) is 33.7 Å². The Morgan fingerprint density at radius 2 is 2.21 bits per heavy atom. The minimum atomic E-state index is -0.458. The monoisotopic (exact) mass is 261 g/mol. The molecular formula is C9H13BrFN3. The van der Waals surface area contributed by atoms with Crippen molar-refractivity contribution < 1.29 is 4.39 Å². The number of hydrazine groups is 1. The van der Waals surface area contributed by atoms with Gasteiger partial charge >= 0.3 is 0 Å². The summed E-state index contributed by atoms with van der Waals surface area (Å²) in [6.45, 7) is 1.73. The molecule has 1 unspecified atom stereocenters. The van der Waals surface area contributed by atoms with Crippen molar-refractivity contribution in [2.45, 2.75) is 13.0 Å². The number of nitrogens with zero attached hydrogens (tertiary/aromatic N) is 1. The third kappa shape index (κ3) is 2.23. The van der Waals surface area contributed by atoms with Crippen LogP contribution in [-0.4, -0.2) is 18.1 Å². The third-order valence-corrected chi connectivity index (χ3v) is 2.61. The zero-order valence-corrected chi connectivity index (χ0v) is 9.68. The van der Waals surface area contributed by atoms with Crippen LogP contribution in [0, 0.1) is 0 Å². The average molecular weight is 262 g/mol. The van der Waals surface area contributed by atoms with E-state index in [0.29, 0.717) is 15.8 Å². The van der Waals surface area contributed by atoms with E-state index >= 15 is 0 Å². The summed E-state index contributed by atoms with van der Waals surface area (Å²) in [5, 5.41) is 1.36. The van der Waals surface area contributed by atoms with Gasteiger partial charge in [0.05, 0.1) is 6.04 Å². The summed E-state index contributed by atoms with van der Waals surface area (Å²) in [6, 6.07) is -0.458. The summed E-state index contributed by atoms with van der Waals surface area (Å²) in [4.78, 5) is 0. The smallest absolute Gasteiger partial charge is 0.131 e. The topological polar surface area (TPSA) is 55.3 Å². The van der Waals surface area contributed by atoms with Crippen LogP contribution < -0.4 is 11.6 Å². The first-order valence-electron chi connectivity index (χ1n) is 4.13. The van der Waals surface area contributed by atoms with Crippen molar-refractivity contribution in [2.24, 2.45) is 11.6 Å². The van der Waals surface area contributed by atoms with E-state index < -0.39 is 6.04 Å². The predicted molar refractivity (Wildman–Crippen MR) is 58.8 cm³/mol. The minimum Gasteiger partial charge on any atom is -0.321 e. The van der Waals surface area contributed by atoms with Crippen molar-refractivity contribution in [2.75, 3.05) is 7.05 Å². The van der Waals surface area contributed by atoms with Crippen molar-refractivity contribution in [1.29, 1.82) is 0 Å². The minimum absolute atomic E-state index is 0.346. The van der Waals surface area contributed by atoms with Crippen LogP contribution in [0.5, 0.6) is 0 Å². The highest BCUT2D eigenvalue weighted by Gasteiger charge is 2.20. The highest BCUT2D eigenvalue weighted by atomic mass is 79.9. The number of hydrogen-bond acceptors (Lipinski definition) is 3. The van der Waals surface area contributed by atoms with E-state index in [0.717, 1.165) is 0 Å². The second kappa shape index (κ2) is 4.25. The fraction of sp³-hybridized carbons (Fsp3) is 0.333. The molecule has 1 atom stereocenters. The molecule has 78 valence electrons. The molecule has 0 fully saturated rings. The van der Waals surface area contributed by atoms with Gasteiger partial charge in [-0.1, -0.05) is 15.9 Å². The summed E-state index contributed by atoms with van der Waals surface area (Å²) < 4.78 is 14.2. The molecule has 0 spiro atoms. The SMILES string of the molecule is C/C(=C1\C(F)=CC(Br)=CC1N)N(C)N. The van der Waals surface area contributed by atoms with E-state index in [-0.39, 0.29) is 5.83 Å².